The number of imide groups is 1. The number of hydrogen-bond acceptors (Lipinski definition) is 6. The summed E-state index contributed by atoms with van der Waals surface area (Å²) in [6.07, 6.45) is 0.165. The molecule has 0 saturated carbocycles. The molecule has 0 aromatic heterocycles. The molecule has 0 N–H and O–H groups in total. The van der Waals surface area contributed by atoms with Crippen LogP contribution >= 0.6 is 0 Å². The molecule has 2 saturated heterocycles. The van der Waals surface area contributed by atoms with Gasteiger partial charge in [0.2, 0.25) is 12.7 Å². The van der Waals surface area contributed by atoms with Crippen LogP contribution in [0.4, 0.5) is 10.1 Å². The first-order valence-electron chi connectivity index (χ1n) is 10.1. The zero-order valence-corrected chi connectivity index (χ0v) is 16.4. The lowest BCUT2D eigenvalue weighted by Crippen LogP contribution is -2.52. The fourth-order valence-corrected chi connectivity index (χ4v) is 4.29. The van der Waals surface area contributed by atoms with Crippen molar-refractivity contribution in [1.29, 1.82) is 0 Å². The molecule has 2 fully saturated rings. The number of fused-ring (bicyclic) bond motifs is 1. The van der Waals surface area contributed by atoms with E-state index in [2.05, 4.69) is 9.80 Å². The van der Waals surface area contributed by atoms with Gasteiger partial charge in [-0.15, -0.1) is 0 Å². The molecular formula is C22H22FN3O4. The molecule has 2 aromatic carbocycles. The fraction of sp³-hybridized carbons (Fsp3) is 0.364. The van der Waals surface area contributed by atoms with Gasteiger partial charge in [-0.05, 0) is 42.0 Å². The molecule has 2 aromatic rings. The second-order valence-electron chi connectivity index (χ2n) is 7.76. The van der Waals surface area contributed by atoms with Crippen LogP contribution in [0.5, 0.6) is 11.5 Å². The molecule has 0 aliphatic carbocycles. The Labute approximate surface area is 173 Å². The lowest BCUT2D eigenvalue weighted by Gasteiger charge is -2.37. The van der Waals surface area contributed by atoms with Gasteiger partial charge in [0.1, 0.15) is 5.82 Å². The van der Waals surface area contributed by atoms with Crippen molar-refractivity contribution in [1.82, 2.24) is 9.80 Å². The highest BCUT2D eigenvalue weighted by Gasteiger charge is 2.43. The van der Waals surface area contributed by atoms with E-state index in [9.17, 15) is 14.0 Å². The number of halogens is 1. The number of piperazine rings is 1. The van der Waals surface area contributed by atoms with Crippen LogP contribution in [0.2, 0.25) is 0 Å². The van der Waals surface area contributed by atoms with Crippen LogP contribution in [-0.2, 0) is 16.1 Å². The molecule has 2 amide bonds. The first kappa shape index (κ1) is 19.0. The van der Waals surface area contributed by atoms with Gasteiger partial charge in [-0.25, -0.2) is 9.29 Å². The number of hydrogen-bond donors (Lipinski definition) is 0. The minimum Gasteiger partial charge on any atom is -0.454 e. The maximum absolute atomic E-state index is 13.2. The molecule has 5 rings (SSSR count). The average molecular weight is 411 g/mol. The molecular weight excluding hydrogens is 389 g/mol. The van der Waals surface area contributed by atoms with Crippen molar-refractivity contribution >= 4 is 17.5 Å². The maximum atomic E-state index is 13.2. The van der Waals surface area contributed by atoms with Crippen LogP contribution in [0.1, 0.15) is 12.0 Å². The van der Waals surface area contributed by atoms with Crippen LogP contribution in [-0.4, -0.2) is 60.6 Å². The molecule has 3 aliphatic rings. The third kappa shape index (κ3) is 3.53. The van der Waals surface area contributed by atoms with E-state index in [4.69, 9.17) is 9.47 Å². The molecule has 156 valence electrons. The monoisotopic (exact) mass is 411 g/mol. The Kier molecular flexibility index (Phi) is 4.88. The number of ether oxygens (including phenoxy) is 2. The van der Waals surface area contributed by atoms with Crippen LogP contribution in [0.3, 0.4) is 0 Å². The van der Waals surface area contributed by atoms with Crippen molar-refractivity contribution in [3.63, 3.8) is 0 Å². The van der Waals surface area contributed by atoms with Gasteiger partial charge in [0.05, 0.1) is 18.2 Å². The summed E-state index contributed by atoms with van der Waals surface area (Å²) in [6, 6.07) is 11.0. The van der Waals surface area contributed by atoms with Crippen LogP contribution in [0, 0.1) is 5.82 Å². The topological polar surface area (TPSA) is 62.3 Å². The molecule has 0 bridgehead atoms. The van der Waals surface area contributed by atoms with Crippen molar-refractivity contribution in [3.05, 3.63) is 53.8 Å². The Balaban J connectivity index is 1.20. The third-order valence-corrected chi connectivity index (χ3v) is 5.90. The minimum atomic E-state index is -0.449. The Hall–Kier alpha value is -2.97. The van der Waals surface area contributed by atoms with E-state index in [0.29, 0.717) is 18.8 Å². The van der Waals surface area contributed by atoms with E-state index in [1.54, 1.807) is 0 Å². The Morgan fingerprint density at radius 2 is 1.67 bits per heavy atom. The second kappa shape index (κ2) is 7.70. The van der Waals surface area contributed by atoms with Crippen molar-refractivity contribution < 1.29 is 23.5 Å². The molecule has 1 atom stereocenters. The van der Waals surface area contributed by atoms with Crippen LogP contribution in [0.25, 0.3) is 0 Å². The predicted molar refractivity (Wildman–Crippen MR) is 107 cm³/mol. The number of carbonyl (C=O) groups excluding carboxylic acids is 2. The van der Waals surface area contributed by atoms with Crippen molar-refractivity contribution in [2.45, 2.75) is 19.0 Å². The van der Waals surface area contributed by atoms with E-state index in [1.807, 2.05) is 18.2 Å². The zero-order valence-electron chi connectivity index (χ0n) is 16.4. The fourth-order valence-electron chi connectivity index (χ4n) is 4.29. The Bertz CT molecular complexity index is 973. The highest BCUT2D eigenvalue weighted by atomic mass is 19.1. The number of amides is 2. The van der Waals surface area contributed by atoms with Gasteiger partial charge in [-0.2, -0.15) is 0 Å². The van der Waals surface area contributed by atoms with Gasteiger partial charge < -0.3 is 9.47 Å². The van der Waals surface area contributed by atoms with Gasteiger partial charge >= 0.3 is 0 Å². The molecule has 0 spiro atoms. The van der Waals surface area contributed by atoms with E-state index >= 15 is 0 Å². The molecule has 0 radical (unpaired) electrons. The summed E-state index contributed by atoms with van der Waals surface area (Å²) in [4.78, 5) is 31.0. The largest absolute Gasteiger partial charge is 0.454 e. The summed E-state index contributed by atoms with van der Waals surface area (Å²) >= 11 is 0. The number of nitrogens with zero attached hydrogens (tertiary/aromatic N) is 3. The van der Waals surface area contributed by atoms with E-state index in [0.717, 1.165) is 36.7 Å². The summed E-state index contributed by atoms with van der Waals surface area (Å²) in [5.41, 5.74) is 1.58. The Morgan fingerprint density at radius 1 is 0.933 bits per heavy atom. The number of anilines is 1. The summed E-state index contributed by atoms with van der Waals surface area (Å²) in [6.45, 7) is 4.10. The molecule has 3 heterocycles. The smallest absolute Gasteiger partial charge is 0.251 e. The number of benzene rings is 2. The van der Waals surface area contributed by atoms with Crippen LogP contribution < -0.4 is 14.4 Å². The van der Waals surface area contributed by atoms with Gasteiger partial charge in [0.25, 0.3) is 5.91 Å². The van der Waals surface area contributed by atoms with Gasteiger partial charge in [-0.3, -0.25) is 19.4 Å². The van der Waals surface area contributed by atoms with Crippen molar-refractivity contribution in [3.8, 4) is 11.5 Å². The van der Waals surface area contributed by atoms with Gasteiger partial charge in [-0.1, -0.05) is 6.07 Å². The van der Waals surface area contributed by atoms with Crippen molar-refractivity contribution in [2.24, 2.45) is 0 Å². The predicted octanol–water partition coefficient (Wildman–Crippen LogP) is 2.00. The van der Waals surface area contributed by atoms with Crippen molar-refractivity contribution in [2.75, 3.05) is 37.9 Å². The average Bonchev–Trinajstić information content (AvgIpc) is 3.33. The number of rotatable bonds is 4. The molecule has 8 heteroatoms. The van der Waals surface area contributed by atoms with E-state index < -0.39 is 11.9 Å². The maximum Gasteiger partial charge on any atom is 0.251 e. The summed E-state index contributed by atoms with van der Waals surface area (Å²) < 4.78 is 24.0. The van der Waals surface area contributed by atoms with Crippen LogP contribution in [0.15, 0.2) is 42.5 Å². The first-order chi connectivity index (χ1) is 14.6. The summed E-state index contributed by atoms with van der Waals surface area (Å²) in [7, 11) is 0. The molecule has 30 heavy (non-hydrogen) atoms. The molecule has 0 unspecified atom stereocenters. The SMILES string of the molecule is O=C1C[C@@H](N2CCN(Cc3ccc4c(c3)OCO4)CC2)C(=O)N1c1ccc(F)cc1. The third-order valence-electron chi connectivity index (χ3n) is 5.90. The van der Waals surface area contributed by atoms with Gasteiger partial charge in [0.15, 0.2) is 11.5 Å². The van der Waals surface area contributed by atoms with E-state index in [-0.39, 0.29) is 25.0 Å². The Morgan fingerprint density at radius 3 is 2.43 bits per heavy atom. The highest BCUT2D eigenvalue weighted by molar-refractivity contribution is 6.22. The molecule has 7 nitrogen and oxygen atoms in total. The second-order valence-corrected chi connectivity index (χ2v) is 7.76. The lowest BCUT2D eigenvalue weighted by molar-refractivity contribution is -0.123. The number of carbonyl (C=O) groups is 2. The quantitative estimate of drug-likeness (QED) is 0.718. The zero-order chi connectivity index (χ0) is 20.7. The summed E-state index contributed by atoms with van der Waals surface area (Å²) in [5.74, 6) is 0.698. The van der Waals surface area contributed by atoms with E-state index in [1.165, 1.54) is 29.2 Å². The van der Waals surface area contributed by atoms with Gasteiger partial charge in [0, 0.05) is 32.7 Å². The lowest BCUT2D eigenvalue weighted by atomic mass is 10.1. The minimum absolute atomic E-state index is 0.165. The standard InChI is InChI=1S/C22H22FN3O4/c23-16-2-4-17(5-3-16)26-21(27)12-18(22(26)28)25-9-7-24(8-10-25)13-15-1-6-19-20(11-15)30-14-29-19/h1-6,11,18H,7-10,12-14H2/t18-/m1/s1. The molecule has 3 aliphatic heterocycles. The highest BCUT2D eigenvalue weighted by Crippen LogP contribution is 2.33. The normalized spacial score (nSPS) is 22.2. The first-order valence-corrected chi connectivity index (χ1v) is 10.1. The summed E-state index contributed by atoms with van der Waals surface area (Å²) in [5, 5.41) is 0.